The van der Waals surface area contributed by atoms with Crippen LogP contribution in [0.5, 0.6) is 0 Å². The highest BCUT2D eigenvalue weighted by atomic mass is 32.2. The number of aliphatic hydroxyl groups is 1. The molecule has 29 heavy (non-hydrogen) atoms. The van der Waals surface area contributed by atoms with Crippen molar-refractivity contribution in [1.82, 2.24) is 16.0 Å². The summed E-state index contributed by atoms with van der Waals surface area (Å²) in [5.41, 5.74) is 10.4. The van der Waals surface area contributed by atoms with Crippen LogP contribution in [0, 0.1) is 0 Å². The van der Waals surface area contributed by atoms with E-state index in [9.17, 15) is 29.1 Å². The van der Waals surface area contributed by atoms with Crippen LogP contribution in [0.15, 0.2) is 0 Å². The Labute approximate surface area is 177 Å². The average Bonchev–Trinajstić information content (AvgIpc) is 2.65. The van der Waals surface area contributed by atoms with Crippen LogP contribution in [0.25, 0.3) is 0 Å². The molecular formula is C15H27N5O7S2. The van der Waals surface area contributed by atoms with Gasteiger partial charge in [0, 0.05) is 5.75 Å². The first-order chi connectivity index (χ1) is 13.6. The first-order valence-electron chi connectivity index (χ1n) is 8.45. The van der Waals surface area contributed by atoms with Gasteiger partial charge >= 0.3 is 5.97 Å². The number of thiol groups is 1. The predicted octanol–water partition coefficient (Wildman–Crippen LogP) is -3.60. The molecule has 0 fully saturated rings. The van der Waals surface area contributed by atoms with E-state index in [1.54, 1.807) is 6.26 Å². The molecule has 0 saturated heterocycles. The largest absolute Gasteiger partial charge is 0.480 e. The van der Waals surface area contributed by atoms with Crippen molar-refractivity contribution in [2.75, 3.05) is 24.4 Å². The molecule has 0 bridgehead atoms. The third kappa shape index (κ3) is 10.3. The van der Waals surface area contributed by atoms with Gasteiger partial charge in [0.25, 0.3) is 0 Å². The summed E-state index contributed by atoms with van der Waals surface area (Å²) in [4.78, 5) is 58.5. The molecule has 166 valence electrons. The summed E-state index contributed by atoms with van der Waals surface area (Å²) >= 11 is 5.34. The molecule has 14 heteroatoms. The first-order valence-corrected chi connectivity index (χ1v) is 10.5. The molecule has 4 amide bonds. The van der Waals surface area contributed by atoms with Gasteiger partial charge in [0.05, 0.1) is 19.1 Å². The molecule has 0 aliphatic rings. The molecule has 0 rings (SSSR count). The van der Waals surface area contributed by atoms with Gasteiger partial charge in [-0.1, -0.05) is 0 Å². The molecule has 0 aliphatic carbocycles. The van der Waals surface area contributed by atoms with Crippen molar-refractivity contribution >= 4 is 54.0 Å². The summed E-state index contributed by atoms with van der Waals surface area (Å²) in [7, 11) is 0. The van der Waals surface area contributed by atoms with Crippen molar-refractivity contribution in [3.05, 3.63) is 0 Å². The lowest BCUT2D eigenvalue weighted by Gasteiger charge is -2.23. The number of primary amides is 1. The Balaban J connectivity index is 4.95. The van der Waals surface area contributed by atoms with Crippen LogP contribution in [-0.2, 0) is 24.0 Å². The minimum absolute atomic E-state index is 0.154. The summed E-state index contributed by atoms with van der Waals surface area (Å²) in [6.45, 7) is -0.805. The van der Waals surface area contributed by atoms with Crippen molar-refractivity contribution in [1.29, 1.82) is 0 Å². The van der Waals surface area contributed by atoms with Gasteiger partial charge in [-0.15, -0.1) is 0 Å². The summed E-state index contributed by atoms with van der Waals surface area (Å²) in [5.74, 6) is -4.33. The number of carboxylic acid groups (broad SMARTS) is 1. The predicted molar refractivity (Wildman–Crippen MR) is 109 cm³/mol. The quantitative estimate of drug-likeness (QED) is 0.122. The molecule has 0 saturated carbocycles. The Morgan fingerprint density at radius 2 is 1.52 bits per heavy atom. The maximum Gasteiger partial charge on any atom is 0.326 e. The van der Waals surface area contributed by atoms with Gasteiger partial charge in [-0.3, -0.25) is 19.2 Å². The fourth-order valence-electron chi connectivity index (χ4n) is 2.01. The zero-order valence-corrected chi connectivity index (χ0v) is 17.5. The van der Waals surface area contributed by atoms with Crippen molar-refractivity contribution in [2.24, 2.45) is 11.5 Å². The summed E-state index contributed by atoms with van der Waals surface area (Å²) in [5, 5.41) is 25.2. The van der Waals surface area contributed by atoms with Gasteiger partial charge in [0.2, 0.25) is 23.6 Å². The number of carbonyl (C=O) groups excluding carboxylic acids is 4. The number of nitrogens with two attached hydrogens (primary N) is 2. The Kier molecular flexibility index (Phi) is 13.0. The molecule has 0 aromatic rings. The Hall–Kier alpha value is -2.03. The number of aliphatic hydroxyl groups excluding tert-OH is 1. The fourth-order valence-corrected chi connectivity index (χ4v) is 2.74. The van der Waals surface area contributed by atoms with Crippen LogP contribution in [-0.4, -0.2) is 88.3 Å². The zero-order valence-electron chi connectivity index (χ0n) is 15.8. The maximum absolute atomic E-state index is 12.3. The molecule has 0 heterocycles. The number of rotatable bonds is 14. The third-order valence-corrected chi connectivity index (χ3v) is 4.62. The molecule has 0 aromatic carbocycles. The average molecular weight is 454 g/mol. The minimum Gasteiger partial charge on any atom is -0.480 e. The van der Waals surface area contributed by atoms with Crippen LogP contribution in [0.2, 0.25) is 0 Å². The van der Waals surface area contributed by atoms with Gasteiger partial charge in [-0.25, -0.2) is 4.79 Å². The molecule has 0 spiro atoms. The zero-order chi connectivity index (χ0) is 22.6. The highest BCUT2D eigenvalue weighted by Crippen LogP contribution is 2.02. The highest BCUT2D eigenvalue weighted by molar-refractivity contribution is 7.98. The molecule has 0 radical (unpaired) electrons. The lowest BCUT2D eigenvalue weighted by atomic mass is 10.1. The number of aliphatic carboxylic acids is 1. The van der Waals surface area contributed by atoms with Crippen molar-refractivity contribution in [2.45, 2.75) is 37.0 Å². The molecular weight excluding hydrogens is 426 g/mol. The van der Waals surface area contributed by atoms with E-state index in [1.807, 2.05) is 0 Å². The molecule has 0 aliphatic heterocycles. The van der Waals surface area contributed by atoms with E-state index in [4.69, 9.17) is 16.6 Å². The maximum atomic E-state index is 12.3. The molecule has 12 nitrogen and oxygen atoms in total. The van der Waals surface area contributed by atoms with Crippen molar-refractivity contribution in [3.63, 3.8) is 0 Å². The van der Waals surface area contributed by atoms with Crippen LogP contribution in [0.1, 0.15) is 12.8 Å². The van der Waals surface area contributed by atoms with E-state index in [2.05, 4.69) is 28.6 Å². The topological polar surface area (TPSA) is 214 Å². The van der Waals surface area contributed by atoms with Crippen LogP contribution >= 0.6 is 24.4 Å². The number of nitrogens with one attached hydrogen (secondary N) is 3. The van der Waals surface area contributed by atoms with E-state index < -0.39 is 66.8 Å². The van der Waals surface area contributed by atoms with E-state index in [0.717, 1.165) is 0 Å². The fraction of sp³-hybridized carbons (Fsp3) is 0.667. The number of carbonyl (C=O) groups is 5. The number of carboxylic acids is 1. The van der Waals surface area contributed by atoms with Gasteiger partial charge in [-0.2, -0.15) is 24.4 Å². The SMILES string of the molecule is CSCCC(NC(=O)C(CO)NC(=O)C(CS)NC(=O)C(N)CC(N)=O)C(=O)O. The van der Waals surface area contributed by atoms with E-state index in [-0.39, 0.29) is 12.2 Å². The van der Waals surface area contributed by atoms with Gasteiger partial charge in [-0.05, 0) is 18.4 Å². The molecule has 9 N–H and O–H groups in total. The van der Waals surface area contributed by atoms with Crippen LogP contribution < -0.4 is 27.4 Å². The highest BCUT2D eigenvalue weighted by Gasteiger charge is 2.29. The minimum atomic E-state index is -1.45. The van der Waals surface area contributed by atoms with Crippen LogP contribution in [0.3, 0.4) is 0 Å². The summed E-state index contributed by atoms with van der Waals surface area (Å²) in [6.07, 6.45) is 1.50. The Bertz CT molecular complexity index is 608. The van der Waals surface area contributed by atoms with Crippen molar-refractivity contribution in [3.8, 4) is 0 Å². The van der Waals surface area contributed by atoms with Crippen LogP contribution in [0.4, 0.5) is 0 Å². The second kappa shape index (κ2) is 14.0. The van der Waals surface area contributed by atoms with Gasteiger partial charge in [0.1, 0.15) is 18.1 Å². The number of hydrogen-bond donors (Lipinski definition) is 8. The summed E-state index contributed by atoms with van der Waals surface area (Å²) in [6, 6.07) is -5.13. The first kappa shape index (κ1) is 27.0. The van der Waals surface area contributed by atoms with E-state index in [1.165, 1.54) is 11.8 Å². The Morgan fingerprint density at radius 1 is 1.00 bits per heavy atom. The smallest absolute Gasteiger partial charge is 0.326 e. The summed E-state index contributed by atoms with van der Waals surface area (Å²) < 4.78 is 0. The van der Waals surface area contributed by atoms with E-state index in [0.29, 0.717) is 5.75 Å². The van der Waals surface area contributed by atoms with E-state index >= 15 is 0 Å². The van der Waals surface area contributed by atoms with Crippen molar-refractivity contribution < 1.29 is 34.2 Å². The second-order valence-electron chi connectivity index (χ2n) is 5.95. The second-order valence-corrected chi connectivity index (χ2v) is 7.30. The molecule has 4 atom stereocenters. The molecule has 4 unspecified atom stereocenters. The lowest BCUT2D eigenvalue weighted by Crippen LogP contribution is -2.58. The van der Waals surface area contributed by atoms with Gasteiger partial charge in [0.15, 0.2) is 0 Å². The third-order valence-electron chi connectivity index (χ3n) is 3.61. The van der Waals surface area contributed by atoms with Gasteiger partial charge < -0.3 is 37.6 Å². The standard InChI is InChI=1S/C15H27N5O7S2/c1-29-3-2-8(15(26)27)18-13(24)9(5-21)19-14(25)10(6-28)20-12(23)7(16)4-11(17)22/h7-10,21,28H,2-6,16H2,1H3,(H2,17,22)(H,18,24)(H,19,25)(H,20,23)(H,26,27). The number of thioether (sulfide) groups is 1. The number of hydrogen-bond acceptors (Lipinski definition) is 9. The normalized spacial score (nSPS) is 14.8. The Morgan fingerprint density at radius 3 is 1.97 bits per heavy atom. The lowest BCUT2D eigenvalue weighted by molar-refractivity contribution is -0.142. The monoisotopic (exact) mass is 453 g/mol. The number of amides is 4. The molecule has 0 aromatic heterocycles.